The quantitative estimate of drug-likeness (QED) is 0.225. The summed E-state index contributed by atoms with van der Waals surface area (Å²) in [5.41, 5.74) is 1.62. The number of nitrogens with one attached hydrogen (secondary N) is 2. The van der Waals surface area contributed by atoms with Crippen LogP contribution in [0.2, 0.25) is 5.02 Å². The van der Waals surface area contributed by atoms with Crippen molar-refractivity contribution in [2.75, 3.05) is 37.4 Å². The van der Waals surface area contributed by atoms with E-state index in [-0.39, 0.29) is 42.8 Å². The number of likely N-dealkylation sites (N-methyl/N-ethyl adjacent to an activating group) is 1. The van der Waals surface area contributed by atoms with E-state index < -0.39 is 28.2 Å². The molecule has 1 aliphatic rings. The third kappa shape index (κ3) is 7.45. The topological polar surface area (TPSA) is 128 Å². The lowest BCUT2D eigenvalue weighted by Crippen LogP contribution is -2.48. The van der Waals surface area contributed by atoms with Gasteiger partial charge in [-0.2, -0.15) is 4.31 Å². The predicted octanol–water partition coefficient (Wildman–Crippen LogP) is 5.61. The number of hydrogen-bond acceptors (Lipinski definition) is 6. The Morgan fingerprint density at radius 3 is 2.52 bits per heavy atom. The zero-order valence-corrected chi connectivity index (χ0v) is 27.4. The number of amides is 3. The molecule has 3 atom stereocenters. The van der Waals surface area contributed by atoms with Crippen LogP contribution in [0.4, 0.5) is 16.2 Å². The molecule has 4 aromatic rings. The highest BCUT2D eigenvalue weighted by Gasteiger charge is 2.33. The maximum Gasteiger partial charge on any atom is 0.323 e. The number of hydrogen-bond donors (Lipinski definition) is 3. The van der Waals surface area contributed by atoms with Gasteiger partial charge in [0.2, 0.25) is 15.9 Å². The molecular weight excluding hydrogens is 628 g/mol. The SMILES string of the molecule is C[C@@H]1CN([C@@H](C)CO)C(=O)Cc2cc(NC(=O)Nc3cccc4ccccc34)ccc2O[C@H]1CN(C)S(=O)(=O)c1ccc(Cl)cc1. The number of ether oxygens (including phenoxy) is 1. The largest absolute Gasteiger partial charge is 0.488 e. The summed E-state index contributed by atoms with van der Waals surface area (Å²) in [5.74, 6) is -0.129. The van der Waals surface area contributed by atoms with E-state index in [0.717, 1.165) is 10.8 Å². The van der Waals surface area contributed by atoms with Crippen molar-refractivity contribution in [2.24, 2.45) is 5.92 Å². The van der Waals surface area contributed by atoms with E-state index in [1.807, 2.05) is 49.4 Å². The number of sulfonamides is 1. The molecule has 0 aromatic heterocycles. The summed E-state index contributed by atoms with van der Waals surface area (Å²) in [6.45, 7) is 3.64. The average molecular weight is 665 g/mol. The number of aliphatic hydroxyl groups excluding tert-OH is 1. The average Bonchev–Trinajstić information content (AvgIpc) is 3.08. The van der Waals surface area contributed by atoms with Crippen LogP contribution in [0.1, 0.15) is 19.4 Å². The van der Waals surface area contributed by atoms with E-state index in [2.05, 4.69) is 10.6 Å². The van der Waals surface area contributed by atoms with Gasteiger partial charge >= 0.3 is 6.03 Å². The van der Waals surface area contributed by atoms with Crippen LogP contribution in [-0.2, 0) is 21.2 Å². The molecule has 242 valence electrons. The van der Waals surface area contributed by atoms with Crippen LogP contribution in [0, 0.1) is 5.92 Å². The highest BCUT2D eigenvalue weighted by molar-refractivity contribution is 7.89. The van der Waals surface area contributed by atoms with Crippen molar-refractivity contribution in [1.29, 1.82) is 0 Å². The molecule has 12 heteroatoms. The smallest absolute Gasteiger partial charge is 0.323 e. The molecule has 0 fully saturated rings. The lowest BCUT2D eigenvalue weighted by molar-refractivity contribution is -0.134. The Morgan fingerprint density at radius 1 is 1.07 bits per heavy atom. The van der Waals surface area contributed by atoms with Crippen LogP contribution in [0.25, 0.3) is 10.8 Å². The number of benzene rings is 4. The van der Waals surface area contributed by atoms with Crippen LogP contribution in [-0.4, -0.2) is 73.6 Å². The number of aliphatic hydroxyl groups is 1. The van der Waals surface area contributed by atoms with Crippen LogP contribution in [0.5, 0.6) is 5.75 Å². The van der Waals surface area contributed by atoms with Crippen molar-refractivity contribution in [3.05, 3.63) is 95.5 Å². The van der Waals surface area contributed by atoms with Gasteiger partial charge in [-0.15, -0.1) is 0 Å². The number of rotatable bonds is 8. The molecule has 5 rings (SSSR count). The summed E-state index contributed by atoms with van der Waals surface area (Å²) >= 11 is 5.97. The van der Waals surface area contributed by atoms with E-state index in [1.165, 1.54) is 35.6 Å². The minimum absolute atomic E-state index is 0.00541. The van der Waals surface area contributed by atoms with Crippen LogP contribution in [0.3, 0.4) is 0 Å². The molecule has 46 heavy (non-hydrogen) atoms. The zero-order chi connectivity index (χ0) is 33.0. The molecule has 1 heterocycles. The minimum atomic E-state index is -3.87. The predicted molar refractivity (Wildman–Crippen MR) is 180 cm³/mol. The molecular formula is C34H37ClN4O6S. The van der Waals surface area contributed by atoms with Crippen molar-refractivity contribution in [1.82, 2.24) is 9.21 Å². The normalized spacial score (nSPS) is 17.8. The van der Waals surface area contributed by atoms with E-state index >= 15 is 0 Å². The van der Waals surface area contributed by atoms with E-state index in [4.69, 9.17) is 16.3 Å². The lowest BCUT2D eigenvalue weighted by atomic mass is 10.0. The Morgan fingerprint density at radius 2 is 1.78 bits per heavy atom. The third-order valence-electron chi connectivity index (χ3n) is 8.17. The van der Waals surface area contributed by atoms with Gasteiger partial charge in [0.25, 0.3) is 0 Å². The second-order valence-corrected chi connectivity index (χ2v) is 14.0. The van der Waals surface area contributed by atoms with Crippen LogP contribution in [0.15, 0.2) is 89.8 Å². The minimum Gasteiger partial charge on any atom is -0.488 e. The number of carbonyl (C=O) groups is 2. The first kappa shape index (κ1) is 33.2. The maximum absolute atomic E-state index is 13.6. The van der Waals surface area contributed by atoms with Gasteiger partial charge in [0.1, 0.15) is 11.9 Å². The first-order valence-corrected chi connectivity index (χ1v) is 16.8. The standard InChI is InChI=1S/C34H37ClN4O6S/c1-22-19-39(23(2)21-40)33(41)18-25-17-27(36-34(42)37-30-10-6-8-24-7-4-5-9-29(24)30)13-16-31(25)45-32(22)20-38(3)46(43,44)28-14-11-26(35)12-15-28/h4-17,22-23,32,40H,18-21H2,1-3H3,(H2,36,37,42)/t22-,23+,32+/m1/s1. The zero-order valence-electron chi connectivity index (χ0n) is 25.8. The third-order valence-corrected chi connectivity index (χ3v) is 10.3. The fourth-order valence-corrected chi connectivity index (χ4v) is 6.79. The number of halogens is 1. The molecule has 0 radical (unpaired) electrons. The summed E-state index contributed by atoms with van der Waals surface area (Å²) in [6.07, 6.45) is -0.697. The Labute approximate surface area is 274 Å². The fraction of sp³-hybridized carbons (Fsp3) is 0.294. The highest BCUT2D eigenvalue weighted by Crippen LogP contribution is 2.30. The summed E-state index contributed by atoms with van der Waals surface area (Å²) in [4.78, 5) is 28.3. The molecule has 10 nitrogen and oxygen atoms in total. The fourth-order valence-electron chi connectivity index (χ4n) is 5.48. The molecule has 0 saturated heterocycles. The Kier molecular flexibility index (Phi) is 10.2. The Bertz CT molecular complexity index is 1830. The van der Waals surface area contributed by atoms with Gasteiger partial charge in [-0.25, -0.2) is 13.2 Å². The van der Waals surface area contributed by atoms with Crippen molar-refractivity contribution >= 4 is 55.7 Å². The molecule has 0 spiro atoms. The lowest BCUT2D eigenvalue weighted by Gasteiger charge is -2.33. The highest BCUT2D eigenvalue weighted by atomic mass is 35.5. The monoisotopic (exact) mass is 664 g/mol. The van der Waals surface area contributed by atoms with E-state index in [1.54, 1.807) is 30.0 Å². The molecule has 0 bridgehead atoms. The summed E-state index contributed by atoms with van der Waals surface area (Å²) < 4.78 is 34.5. The number of nitrogens with zero attached hydrogens (tertiary/aromatic N) is 2. The Balaban J connectivity index is 1.41. The number of fused-ring (bicyclic) bond motifs is 2. The number of carbonyl (C=O) groups excluding carboxylic acids is 2. The molecule has 0 aliphatic carbocycles. The van der Waals surface area contributed by atoms with Crippen LogP contribution >= 0.6 is 11.6 Å². The van der Waals surface area contributed by atoms with Gasteiger partial charge in [0.05, 0.1) is 36.2 Å². The van der Waals surface area contributed by atoms with Gasteiger partial charge in [0, 0.05) is 41.2 Å². The first-order valence-electron chi connectivity index (χ1n) is 14.9. The summed E-state index contributed by atoms with van der Waals surface area (Å²) in [6, 6.07) is 23.4. The second kappa shape index (κ2) is 14.1. The first-order chi connectivity index (χ1) is 22.0. The van der Waals surface area contributed by atoms with E-state index in [0.29, 0.717) is 27.7 Å². The molecule has 0 saturated carbocycles. The van der Waals surface area contributed by atoms with Crippen molar-refractivity contribution in [2.45, 2.75) is 37.3 Å². The van der Waals surface area contributed by atoms with Crippen LogP contribution < -0.4 is 15.4 Å². The molecule has 3 N–H and O–H groups in total. The molecule has 0 unspecified atom stereocenters. The van der Waals surface area contributed by atoms with Gasteiger partial charge in [0.15, 0.2) is 0 Å². The van der Waals surface area contributed by atoms with E-state index in [9.17, 15) is 23.1 Å². The Hall–Kier alpha value is -4.16. The van der Waals surface area contributed by atoms with Crippen molar-refractivity contribution in [3.8, 4) is 5.75 Å². The number of anilines is 2. The molecule has 4 aromatic carbocycles. The van der Waals surface area contributed by atoms with Crippen molar-refractivity contribution < 1.29 is 27.9 Å². The summed E-state index contributed by atoms with van der Waals surface area (Å²) in [7, 11) is -2.39. The van der Waals surface area contributed by atoms with Gasteiger partial charge < -0.3 is 25.4 Å². The van der Waals surface area contributed by atoms with Gasteiger partial charge in [-0.1, -0.05) is 54.9 Å². The molecule has 3 amide bonds. The number of urea groups is 1. The van der Waals surface area contributed by atoms with Crippen molar-refractivity contribution in [3.63, 3.8) is 0 Å². The summed E-state index contributed by atoms with van der Waals surface area (Å²) in [5, 5.41) is 18.0. The van der Waals surface area contributed by atoms with Gasteiger partial charge in [-0.05, 0) is 60.8 Å². The maximum atomic E-state index is 13.6. The second-order valence-electron chi connectivity index (χ2n) is 11.6. The molecule has 1 aliphatic heterocycles. The van der Waals surface area contributed by atoms with Gasteiger partial charge in [-0.3, -0.25) is 4.79 Å².